The minimum Gasteiger partial charge on any atom is -0.305 e. The number of pyridine rings is 2. The van der Waals surface area contributed by atoms with Gasteiger partial charge in [-0.1, -0.05) is 48.5 Å². The second-order valence-corrected chi connectivity index (χ2v) is 6.80. The molecule has 0 aliphatic rings. The molecule has 0 aliphatic heterocycles. The topological polar surface area (TPSA) is 25.8 Å². The maximum Gasteiger partial charge on any atom is 0.0765 e. The molecule has 3 aromatic carbocycles. The Kier molecular flexibility index (Phi) is 8.70. The fraction of sp³-hybridized carbons (Fsp3) is 0. The number of hydrogen-bond donors (Lipinski definition) is 0. The summed E-state index contributed by atoms with van der Waals surface area (Å²) in [6.07, 6.45) is 3.41. The van der Waals surface area contributed by atoms with Crippen molar-refractivity contribution >= 4 is 0 Å². The summed E-state index contributed by atoms with van der Waals surface area (Å²) in [6, 6.07) is 35.0. The van der Waals surface area contributed by atoms with Gasteiger partial charge in [-0.05, 0) is 34.6 Å². The smallest absolute Gasteiger partial charge is 0.0765 e. The Morgan fingerprint density at radius 1 is 0.636 bits per heavy atom. The number of halogens is 2. The first-order valence-electron chi connectivity index (χ1n) is 9.98. The molecule has 2 nitrogen and oxygen atoms in total. The number of rotatable bonds is 3. The summed E-state index contributed by atoms with van der Waals surface area (Å²) in [7, 11) is 0. The molecular weight excluding hydrogens is 595 g/mol. The van der Waals surface area contributed by atoms with Crippen molar-refractivity contribution in [1.82, 2.24) is 9.97 Å². The molecule has 0 saturated heterocycles. The molecule has 0 N–H and O–H groups in total. The van der Waals surface area contributed by atoms with E-state index in [0.29, 0.717) is 11.3 Å². The molecule has 33 heavy (non-hydrogen) atoms. The third-order valence-electron chi connectivity index (χ3n) is 4.65. The van der Waals surface area contributed by atoms with E-state index >= 15 is 0 Å². The van der Waals surface area contributed by atoms with Crippen molar-refractivity contribution in [2.24, 2.45) is 0 Å². The molecule has 5 rings (SSSR count). The summed E-state index contributed by atoms with van der Waals surface area (Å²) in [4.78, 5) is 8.49. The zero-order valence-electron chi connectivity index (χ0n) is 17.4. The molecule has 5 heteroatoms. The molecule has 0 fully saturated rings. The minimum absolute atomic E-state index is 0. The van der Waals surface area contributed by atoms with Gasteiger partial charge in [0.25, 0.3) is 0 Å². The van der Waals surface area contributed by atoms with E-state index in [1.54, 1.807) is 12.4 Å². The summed E-state index contributed by atoms with van der Waals surface area (Å²) in [6.45, 7) is 0. The number of hydrogen-bond acceptors (Lipinski definition) is 2. The average molecular weight is 613 g/mol. The first-order chi connectivity index (χ1) is 15.7. The molecule has 0 amide bonds. The Morgan fingerprint density at radius 2 is 1.39 bits per heavy atom. The van der Waals surface area contributed by atoms with Gasteiger partial charge in [-0.3, -0.25) is 4.39 Å². The van der Waals surface area contributed by atoms with Crippen molar-refractivity contribution in [3.63, 3.8) is 0 Å². The van der Waals surface area contributed by atoms with Crippen LogP contribution in [0.15, 0.2) is 109 Å². The van der Waals surface area contributed by atoms with Gasteiger partial charge in [0.05, 0.1) is 11.6 Å². The van der Waals surface area contributed by atoms with E-state index in [2.05, 4.69) is 22.1 Å². The Hall–Kier alpha value is -3.53. The normalized spacial score (nSPS) is 9.88. The number of nitrogens with zero attached hydrogens (tertiary/aromatic N) is 2. The molecule has 5 aromatic rings. The minimum atomic E-state index is -0.911. The molecule has 0 spiro atoms. The molecule has 1 radical (unpaired) electrons. The van der Waals surface area contributed by atoms with Gasteiger partial charge < -0.3 is 9.97 Å². The third-order valence-corrected chi connectivity index (χ3v) is 4.65. The van der Waals surface area contributed by atoms with Gasteiger partial charge in [0.1, 0.15) is 0 Å². The van der Waals surface area contributed by atoms with E-state index in [9.17, 15) is 8.78 Å². The predicted molar refractivity (Wildman–Crippen MR) is 122 cm³/mol. The maximum atomic E-state index is 13.4. The van der Waals surface area contributed by atoms with Crippen molar-refractivity contribution in [3.05, 3.63) is 133 Å². The monoisotopic (exact) mass is 613 g/mol. The summed E-state index contributed by atoms with van der Waals surface area (Å²) in [5.41, 5.74) is 4.85. The third kappa shape index (κ3) is 6.26. The van der Waals surface area contributed by atoms with Gasteiger partial charge in [0, 0.05) is 32.5 Å². The second-order valence-electron chi connectivity index (χ2n) is 6.80. The Labute approximate surface area is 205 Å². The van der Waals surface area contributed by atoms with Gasteiger partial charge in [0.15, 0.2) is 0 Å². The largest absolute Gasteiger partial charge is 0.305 e. The maximum absolute atomic E-state index is 13.4. The number of benzene rings is 3. The molecule has 0 bridgehead atoms. The van der Waals surface area contributed by atoms with Crippen LogP contribution in [-0.2, 0) is 20.1 Å². The Bertz CT molecular complexity index is 1240. The first kappa shape index (κ1) is 24.1. The van der Waals surface area contributed by atoms with Gasteiger partial charge in [-0.2, -0.15) is 0 Å². The van der Waals surface area contributed by atoms with Crippen LogP contribution < -0.4 is 0 Å². The molecule has 2 aromatic heterocycles. The number of aromatic nitrogens is 2. The van der Waals surface area contributed by atoms with E-state index in [1.807, 2.05) is 84.9 Å². The van der Waals surface area contributed by atoms with Gasteiger partial charge >= 0.3 is 0 Å². The molecule has 0 saturated carbocycles. The first-order valence-corrected chi connectivity index (χ1v) is 9.98. The SMILES string of the molecule is Fc1c[c-]c(-c2ncccc2-c2ccccc2)cc1F.[Ir].[c-]1ccccc1-c1ccccn1. The van der Waals surface area contributed by atoms with Gasteiger partial charge in [-0.15, -0.1) is 59.7 Å². The zero-order valence-corrected chi connectivity index (χ0v) is 19.8. The van der Waals surface area contributed by atoms with Crippen molar-refractivity contribution in [2.45, 2.75) is 0 Å². The predicted octanol–water partition coefficient (Wildman–Crippen LogP) is 7.04. The summed E-state index contributed by atoms with van der Waals surface area (Å²) < 4.78 is 26.4. The molecular formula is C28H18F2IrN2-2. The van der Waals surface area contributed by atoms with Crippen LogP contribution in [-0.4, -0.2) is 9.97 Å². The van der Waals surface area contributed by atoms with E-state index in [1.165, 1.54) is 0 Å². The summed E-state index contributed by atoms with van der Waals surface area (Å²) >= 11 is 0. The van der Waals surface area contributed by atoms with Crippen molar-refractivity contribution in [1.29, 1.82) is 0 Å². The van der Waals surface area contributed by atoms with Gasteiger partial charge in [0.2, 0.25) is 0 Å². The standard InChI is InChI=1S/C17H10F2N.C11H8N.Ir/c18-15-9-8-13(11-16(15)19)17-14(7-4-10-20-17)12-5-2-1-3-6-12;1-2-6-10(7-3-1)11-8-4-5-9-12-11;/h1-7,9-11H;1-6,8-9H;/q2*-1;. The second kappa shape index (κ2) is 11.9. The fourth-order valence-corrected chi connectivity index (χ4v) is 3.13. The van der Waals surface area contributed by atoms with E-state index in [4.69, 9.17) is 0 Å². The Balaban J connectivity index is 0.000000202. The van der Waals surface area contributed by atoms with Crippen molar-refractivity contribution < 1.29 is 28.9 Å². The quantitative estimate of drug-likeness (QED) is 0.204. The molecule has 165 valence electrons. The fourth-order valence-electron chi connectivity index (χ4n) is 3.13. The van der Waals surface area contributed by atoms with Crippen LogP contribution in [0.1, 0.15) is 0 Å². The van der Waals surface area contributed by atoms with Crippen LogP contribution in [0.4, 0.5) is 8.78 Å². The van der Waals surface area contributed by atoms with Crippen LogP contribution in [0.25, 0.3) is 33.6 Å². The van der Waals surface area contributed by atoms with E-state index < -0.39 is 11.6 Å². The van der Waals surface area contributed by atoms with Crippen LogP contribution in [0.2, 0.25) is 0 Å². The summed E-state index contributed by atoms with van der Waals surface area (Å²) in [5.74, 6) is -1.81. The molecule has 0 unspecified atom stereocenters. The Morgan fingerprint density at radius 3 is 2.09 bits per heavy atom. The average Bonchev–Trinajstić information content (AvgIpc) is 2.88. The van der Waals surface area contributed by atoms with Crippen molar-refractivity contribution in [3.8, 4) is 33.6 Å². The molecule has 2 heterocycles. The van der Waals surface area contributed by atoms with Crippen LogP contribution >= 0.6 is 0 Å². The molecule has 0 atom stereocenters. The van der Waals surface area contributed by atoms with Gasteiger partial charge in [-0.25, -0.2) is 4.39 Å². The van der Waals surface area contributed by atoms with E-state index in [0.717, 1.165) is 34.5 Å². The van der Waals surface area contributed by atoms with Crippen LogP contribution in [0.5, 0.6) is 0 Å². The molecule has 0 aliphatic carbocycles. The van der Waals surface area contributed by atoms with Crippen LogP contribution in [0.3, 0.4) is 0 Å². The van der Waals surface area contributed by atoms with E-state index in [-0.39, 0.29) is 20.1 Å². The van der Waals surface area contributed by atoms with Crippen molar-refractivity contribution in [2.75, 3.05) is 0 Å². The zero-order chi connectivity index (χ0) is 22.2. The van der Waals surface area contributed by atoms with Crippen LogP contribution in [0, 0.1) is 23.8 Å². The summed E-state index contributed by atoms with van der Waals surface area (Å²) in [5, 5.41) is 0.